The number of nitrogens with one attached hydrogen (secondary N) is 1. The molecule has 0 saturated carbocycles. The summed E-state index contributed by atoms with van der Waals surface area (Å²) in [6.07, 6.45) is 0.581. The smallest absolute Gasteiger partial charge is 0.308 e. The van der Waals surface area contributed by atoms with Crippen molar-refractivity contribution in [3.8, 4) is 5.75 Å². The fourth-order valence-corrected chi connectivity index (χ4v) is 1.99. The van der Waals surface area contributed by atoms with E-state index >= 15 is 0 Å². The number of carbonyl (C=O) groups is 1. The van der Waals surface area contributed by atoms with Crippen molar-refractivity contribution in [1.82, 2.24) is 5.32 Å². The molecule has 4 heteroatoms. The van der Waals surface area contributed by atoms with Gasteiger partial charge in [-0.25, -0.2) is 0 Å². The molecule has 2 atom stereocenters. The maximum atomic E-state index is 11.2. The summed E-state index contributed by atoms with van der Waals surface area (Å²) < 4.78 is 5.15. The highest BCUT2D eigenvalue weighted by molar-refractivity contribution is 5.71. The normalized spacial score (nSPS) is 14.1. The summed E-state index contributed by atoms with van der Waals surface area (Å²) in [5.41, 5.74) is 0.932. The number of methoxy groups -OCH3 is 1. The summed E-state index contributed by atoms with van der Waals surface area (Å²) in [6, 6.07) is 7.29. The van der Waals surface area contributed by atoms with Crippen LogP contribution >= 0.6 is 0 Å². The van der Waals surface area contributed by atoms with Crippen LogP contribution in [-0.2, 0) is 4.79 Å². The van der Waals surface area contributed by atoms with E-state index in [1.165, 1.54) is 0 Å². The Morgan fingerprint density at radius 3 is 2.71 bits per heavy atom. The molecule has 2 unspecified atom stereocenters. The Bertz CT molecular complexity index is 379. The zero-order valence-corrected chi connectivity index (χ0v) is 10.4. The molecule has 0 spiro atoms. The number of rotatable bonds is 6. The van der Waals surface area contributed by atoms with E-state index < -0.39 is 11.9 Å². The molecule has 1 aromatic carbocycles. The lowest BCUT2D eigenvalue weighted by atomic mass is 9.91. The number of benzene rings is 1. The lowest BCUT2D eigenvalue weighted by Gasteiger charge is -2.23. The summed E-state index contributed by atoms with van der Waals surface area (Å²) in [6.45, 7) is 1.88. The van der Waals surface area contributed by atoms with E-state index in [2.05, 4.69) is 5.32 Å². The van der Waals surface area contributed by atoms with Gasteiger partial charge in [0.1, 0.15) is 5.75 Å². The molecule has 0 aliphatic rings. The zero-order chi connectivity index (χ0) is 12.8. The molecular formula is C13H19NO3. The fraction of sp³-hybridized carbons (Fsp3) is 0.462. The first-order valence-corrected chi connectivity index (χ1v) is 5.68. The van der Waals surface area contributed by atoms with Crippen LogP contribution in [0.15, 0.2) is 24.3 Å². The largest absolute Gasteiger partial charge is 0.497 e. The zero-order valence-electron chi connectivity index (χ0n) is 10.4. The Morgan fingerprint density at radius 1 is 1.53 bits per heavy atom. The van der Waals surface area contributed by atoms with Gasteiger partial charge in [-0.1, -0.05) is 19.1 Å². The van der Waals surface area contributed by atoms with Gasteiger partial charge in [-0.2, -0.15) is 0 Å². The molecule has 0 bridgehead atoms. The number of ether oxygens (including phenoxy) is 1. The molecule has 0 fully saturated rings. The van der Waals surface area contributed by atoms with Crippen LogP contribution in [0.2, 0.25) is 0 Å². The predicted octanol–water partition coefficient (Wildman–Crippen LogP) is 2.07. The molecule has 0 saturated heterocycles. The van der Waals surface area contributed by atoms with Gasteiger partial charge in [-0.15, -0.1) is 0 Å². The third-order valence-electron chi connectivity index (χ3n) is 2.92. The lowest BCUT2D eigenvalue weighted by Crippen LogP contribution is -2.30. The number of hydrogen-bond acceptors (Lipinski definition) is 3. The molecule has 17 heavy (non-hydrogen) atoms. The second-order valence-corrected chi connectivity index (χ2v) is 3.90. The van der Waals surface area contributed by atoms with Crippen molar-refractivity contribution in [3.05, 3.63) is 29.8 Å². The SMILES string of the molecule is CCC(C(=O)O)C(NC)c1cccc(OC)c1. The molecule has 0 radical (unpaired) electrons. The van der Waals surface area contributed by atoms with Gasteiger partial charge in [0.25, 0.3) is 0 Å². The van der Waals surface area contributed by atoms with Crippen LogP contribution in [0.25, 0.3) is 0 Å². The molecule has 0 aromatic heterocycles. The summed E-state index contributed by atoms with van der Waals surface area (Å²) >= 11 is 0. The fourth-order valence-electron chi connectivity index (χ4n) is 1.99. The molecule has 0 aliphatic heterocycles. The molecule has 1 aromatic rings. The van der Waals surface area contributed by atoms with E-state index in [9.17, 15) is 9.90 Å². The molecule has 0 aliphatic carbocycles. The Labute approximate surface area is 102 Å². The Morgan fingerprint density at radius 2 is 2.24 bits per heavy atom. The third kappa shape index (κ3) is 3.20. The van der Waals surface area contributed by atoms with Gasteiger partial charge in [0.2, 0.25) is 0 Å². The van der Waals surface area contributed by atoms with Crippen molar-refractivity contribution < 1.29 is 14.6 Å². The second kappa shape index (κ2) is 6.25. The molecule has 2 N–H and O–H groups in total. The molecule has 0 heterocycles. The van der Waals surface area contributed by atoms with E-state index in [1.807, 2.05) is 31.2 Å². The van der Waals surface area contributed by atoms with Crippen LogP contribution < -0.4 is 10.1 Å². The Kier molecular flexibility index (Phi) is 4.97. The highest BCUT2D eigenvalue weighted by atomic mass is 16.5. The van der Waals surface area contributed by atoms with Gasteiger partial charge in [0, 0.05) is 6.04 Å². The van der Waals surface area contributed by atoms with Crippen LogP contribution in [0.1, 0.15) is 24.9 Å². The van der Waals surface area contributed by atoms with E-state index in [0.717, 1.165) is 11.3 Å². The van der Waals surface area contributed by atoms with Crippen LogP contribution in [0.3, 0.4) is 0 Å². The van der Waals surface area contributed by atoms with Crippen molar-refractivity contribution in [2.75, 3.05) is 14.2 Å². The summed E-state index contributed by atoms with van der Waals surface area (Å²) in [4.78, 5) is 11.2. The van der Waals surface area contributed by atoms with Gasteiger partial charge >= 0.3 is 5.97 Å². The van der Waals surface area contributed by atoms with Crippen LogP contribution in [0.5, 0.6) is 5.75 Å². The van der Waals surface area contributed by atoms with Crippen molar-refractivity contribution in [2.45, 2.75) is 19.4 Å². The first-order chi connectivity index (χ1) is 8.13. The minimum Gasteiger partial charge on any atom is -0.497 e. The van der Waals surface area contributed by atoms with E-state index in [1.54, 1.807) is 14.2 Å². The van der Waals surface area contributed by atoms with Gasteiger partial charge < -0.3 is 15.2 Å². The molecule has 94 valence electrons. The number of hydrogen-bond donors (Lipinski definition) is 2. The average molecular weight is 237 g/mol. The topological polar surface area (TPSA) is 58.6 Å². The predicted molar refractivity (Wildman–Crippen MR) is 66.2 cm³/mol. The molecular weight excluding hydrogens is 218 g/mol. The van der Waals surface area contributed by atoms with Crippen molar-refractivity contribution in [3.63, 3.8) is 0 Å². The first-order valence-electron chi connectivity index (χ1n) is 5.68. The molecule has 0 amide bonds. The highest BCUT2D eigenvalue weighted by Crippen LogP contribution is 2.27. The monoisotopic (exact) mass is 237 g/mol. The van der Waals surface area contributed by atoms with Crippen molar-refractivity contribution in [1.29, 1.82) is 0 Å². The van der Waals surface area contributed by atoms with Gasteiger partial charge in [-0.3, -0.25) is 4.79 Å². The number of aliphatic carboxylic acids is 1. The summed E-state index contributed by atoms with van der Waals surface area (Å²) in [7, 11) is 3.37. The van der Waals surface area contributed by atoms with E-state index in [-0.39, 0.29) is 6.04 Å². The summed E-state index contributed by atoms with van der Waals surface area (Å²) in [5, 5.41) is 12.3. The van der Waals surface area contributed by atoms with Gasteiger partial charge in [0.05, 0.1) is 13.0 Å². The van der Waals surface area contributed by atoms with Gasteiger partial charge in [0.15, 0.2) is 0 Å². The minimum absolute atomic E-state index is 0.201. The lowest BCUT2D eigenvalue weighted by molar-refractivity contribution is -0.143. The average Bonchev–Trinajstić information content (AvgIpc) is 2.35. The van der Waals surface area contributed by atoms with Crippen molar-refractivity contribution in [2.24, 2.45) is 5.92 Å². The molecule has 1 rings (SSSR count). The van der Waals surface area contributed by atoms with Gasteiger partial charge in [-0.05, 0) is 31.2 Å². The van der Waals surface area contributed by atoms with Crippen LogP contribution in [0.4, 0.5) is 0 Å². The van der Waals surface area contributed by atoms with Crippen molar-refractivity contribution >= 4 is 5.97 Å². The second-order valence-electron chi connectivity index (χ2n) is 3.90. The maximum absolute atomic E-state index is 11.2. The van der Waals surface area contributed by atoms with E-state index in [0.29, 0.717) is 6.42 Å². The molecule has 4 nitrogen and oxygen atoms in total. The summed E-state index contributed by atoms with van der Waals surface area (Å²) in [5.74, 6) is -0.482. The number of carboxylic acids is 1. The van der Waals surface area contributed by atoms with Crippen LogP contribution in [-0.4, -0.2) is 25.2 Å². The first kappa shape index (κ1) is 13.5. The maximum Gasteiger partial charge on any atom is 0.308 e. The standard InChI is InChI=1S/C13H19NO3/c1-4-11(13(15)16)12(14-2)9-6-5-7-10(8-9)17-3/h5-8,11-12,14H,4H2,1-3H3,(H,15,16). The highest BCUT2D eigenvalue weighted by Gasteiger charge is 2.26. The minimum atomic E-state index is -0.783. The number of carboxylic acid groups (broad SMARTS) is 1. The Balaban J connectivity index is 3.03. The quantitative estimate of drug-likeness (QED) is 0.795. The van der Waals surface area contributed by atoms with Crippen LogP contribution in [0, 0.1) is 5.92 Å². The van der Waals surface area contributed by atoms with E-state index in [4.69, 9.17) is 4.74 Å². The third-order valence-corrected chi connectivity index (χ3v) is 2.92. The Hall–Kier alpha value is -1.55.